The second kappa shape index (κ2) is 10.6. The van der Waals surface area contributed by atoms with Crippen LogP contribution in [-0.4, -0.2) is 8.42 Å². The second-order valence-corrected chi connectivity index (χ2v) is 16.4. The number of fused-ring (bicyclic) bond motifs is 11. The van der Waals surface area contributed by atoms with Gasteiger partial charge in [0.05, 0.1) is 32.5 Å². The van der Waals surface area contributed by atoms with Crippen molar-refractivity contribution in [1.82, 2.24) is 0 Å². The number of hydrogen-bond acceptors (Lipinski definition) is 5. The number of hydrogen-bond donors (Lipinski definition) is 0. The molecule has 8 aromatic carbocycles. The van der Waals surface area contributed by atoms with Crippen LogP contribution in [0.15, 0.2) is 168 Å². The first-order chi connectivity index (χ1) is 25.8. The van der Waals surface area contributed by atoms with Crippen molar-refractivity contribution >= 4 is 65.5 Å². The maximum absolute atomic E-state index is 14.2. The number of sulfone groups is 1. The third-order valence-electron chi connectivity index (χ3n) is 11.3. The molecule has 0 saturated carbocycles. The molecule has 3 aliphatic rings. The third-order valence-corrected chi connectivity index (χ3v) is 13.2. The molecule has 0 saturated heterocycles. The molecule has 3 aliphatic heterocycles. The predicted octanol–water partition coefficient (Wildman–Crippen LogP) is 12.5. The predicted molar refractivity (Wildman–Crippen MR) is 214 cm³/mol. The first-order valence-electron chi connectivity index (χ1n) is 17.8. The van der Waals surface area contributed by atoms with Gasteiger partial charge in [0, 0.05) is 38.7 Å². The van der Waals surface area contributed by atoms with Gasteiger partial charge >= 0.3 is 0 Å². The lowest BCUT2D eigenvalue weighted by molar-refractivity contribution is 0.478. The van der Waals surface area contributed by atoms with Crippen molar-refractivity contribution in [1.29, 1.82) is 0 Å². The van der Waals surface area contributed by atoms with Crippen LogP contribution in [0, 0.1) is 0 Å². The van der Waals surface area contributed by atoms with Crippen molar-refractivity contribution in [3.05, 3.63) is 169 Å². The lowest BCUT2D eigenvalue weighted by Crippen LogP contribution is -2.30. The molecule has 0 unspecified atom stereocenters. The summed E-state index contributed by atoms with van der Waals surface area (Å²) in [4.78, 5) is 5.17. The Kier molecular flexibility index (Phi) is 6.05. The SMILES string of the molecule is CC1(C)c2ccccc2N(c2ccc3c(c2)-c2cc(N4c5ccccc5Oc5ccc6ccccc6c54)ccc2S3(=O)=O)c2c1ccc1ccccc21. The van der Waals surface area contributed by atoms with E-state index in [4.69, 9.17) is 4.74 Å². The van der Waals surface area contributed by atoms with Gasteiger partial charge < -0.3 is 14.5 Å². The molecule has 0 bridgehead atoms. The van der Waals surface area contributed by atoms with E-state index >= 15 is 0 Å². The zero-order valence-corrected chi connectivity index (χ0v) is 29.9. The fraction of sp³-hybridized carbons (Fsp3) is 0.0638. The molecule has 3 heterocycles. The third kappa shape index (κ3) is 4.10. The summed E-state index contributed by atoms with van der Waals surface area (Å²) in [6, 6.07) is 53.4. The Morgan fingerprint density at radius 2 is 1.04 bits per heavy atom. The van der Waals surface area contributed by atoms with Gasteiger partial charge in [-0.25, -0.2) is 8.42 Å². The normalized spacial score (nSPS) is 15.5. The van der Waals surface area contributed by atoms with Crippen molar-refractivity contribution in [2.24, 2.45) is 0 Å². The molecule has 11 rings (SSSR count). The monoisotopic (exact) mass is 704 g/mol. The molecule has 0 aliphatic carbocycles. The summed E-state index contributed by atoms with van der Waals surface area (Å²) in [5, 5.41) is 4.45. The zero-order valence-electron chi connectivity index (χ0n) is 29.0. The maximum Gasteiger partial charge on any atom is 0.207 e. The molecule has 0 spiro atoms. The van der Waals surface area contributed by atoms with Crippen LogP contribution in [0.25, 0.3) is 32.7 Å². The largest absolute Gasteiger partial charge is 0.453 e. The lowest BCUT2D eigenvalue weighted by atomic mass is 9.72. The fourth-order valence-electron chi connectivity index (χ4n) is 8.84. The number of benzene rings is 8. The quantitative estimate of drug-likeness (QED) is 0.179. The van der Waals surface area contributed by atoms with Crippen LogP contribution in [0.3, 0.4) is 0 Å². The Morgan fingerprint density at radius 3 is 1.74 bits per heavy atom. The van der Waals surface area contributed by atoms with Crippen LogP contribution < -0.4 is 14.5 Å². The highest BCUT2D eigenvalue weighted by Crippen LogP contribution is 2.57. The summed E-state index contributed by atoms with van der Waals surface area (Å²) in [5.74, 6) is 1.49. The summed E-state index contributed by atoms with van der Waals surface area (Å²) in [6.45, 7) is 4.57. The van der Waals surface area contributed by atoms with Crippen molar-refractivity contribution in [3.63, 3.8) is 0 Å². The second-order valence-electron chi connectivity index (χ2n) is 14.6. The summed E-state index contributed by atoms with van der Waals surface area (Å²) in [7, 11) is -3.75. The molecule has 0 radical (unpaired) electrons. The molecule has 0 atom stereocenters. The van der Waals surface area contributed by atoms with Gasteiger partial charge in [0.15, 0.2) is 11.5 Å². The first kappa shape index (κ1) is 30.3. The molecule has 6 heteroatoms. The van der Waals surface area contributed by atoms with Crippen molar-refractivity contribution < 1.29 is 13.2 Å². The van der Waals surface area contributed by atoms with Crippen LogP contribution in [-0.2, 0) is 15.3 Å². The minimum atomic E-state index is -3.75. The van der Waals surface area contributed by atoms with Gasteiger partial charge in [0.2, 0.25) is 9.84 Å². The number of para-hydroxylation sites is 3. The molecule has 8 aromatic rings. The molecule has 53 heavy (non-hydrogen) atoms. The van der Waals surface area contributed by atoms with Gasteiger partial charge in [0.1, 0.15) is 0 Å². The Morgan fingerprint density at radius 1 is 0.491 bits per heavy atom. The van der Waals surface area contributed by atoms with Crippen molar-refractivity contribution in [3.8, 4) is 22.6 Å². The molecular weight excluding hydrogens is 673 g/mol. The van der Waals surface area contributed by atoms with E-state index in [1.807, 2.05) is 60.7 Å². The van der Waals surface area contributed by atoms with E-state index in [0.29, 0.717) is 20.9 Å². The van der Waals surface area contributed by atoms with Gasteiger partial charge in [-0.2, -0.15) is 0 Å². The summed E-state index contributed by atoms with van der Waals surface area (Å²) >= 11 is 0. The number of ether oxygens (including phenoxy) is 1. The van der Waals surface area contributed by atoms with Crippen LogP contribution in [0.1, 0.15) is 25.0 Å². The molecule has 5 nitrogen and oxygen atoms in total. The van der Waals surface area contributed by atoms with Crippen molar-refractivity contribution in [2.75, 3.05) is 9.80 Å². The van der Waals surface area contributed by atoms with Crippen LogP contribution in [0.2, 0.25) is 0 Å². The minimum Gasteiger partial charge on any atom is -0.453 e. The van der Waals surface area contributed by atoms with E-state index in [2.05, 4.69) is 109 Å². The van der Waals surface area contributed by atoms with Gasteiger partial charge in [-0.3, -0.25) is 0 Å². The van der Waals surface area contributed by atoms with E-state index in [9.17, 15) is 8.42 Å². The fourth-order valence-corrected chi connectivity index (χ4v) is 10.5. The molecule has 0 fully saturated rings. The number of nitrogens with zero attached hydrogens (tertiary/aromatic N) is 2. The smallest absolute Gasteiger partial charge is 0.207 e. The number of anilines is 6. The van der Waals surface area contributed by atoms with E-state index in [-0.39, 0.29) is 5.41 Å². The summed E-state index contributed by atoms with van der Waals surface area (Å²) < 4.78 is 34.9. The summed E-state index contributed by atoms with van der Waals surface area (Å²) in [5.41, 5.74) is 9.37. The molecule has 0 N–H and O–H groups in total. The van der Waals surface area contributed by atoms with Gasteiger partial charge in [-0.05, 0) is 82.6 Å². The molecule has 254 valence electrons. The van der Waals surface area contributed by atoms with Crippen LogP contribution >= 0.6 is 0 Å². The Labute approximate surface area is 307 Å². The molecule has 0 aromatic heterocycles. The lowest BCUT2D eigenvalue weighted by Gasteiger charge is -2.42. The summed E-state index contributed by atoms with van der Waals surface area (Å²) in [6.07, 6.45) is 0. The average Bonchev–Trinajstić information content (AvgIpc) is 3.41. The van der Waals surface area contributed by atoms with Crippen LogP contribution in [0.5, 0.6) is 11.5 Å². The van der Waals surface area contributed by atoms with E-state index in [1.165, 1.54) is 11.1 Å². The van der Waals surface area contributed by atoms with Gasteiger partial charge in [-0.1, -0.05) is 111 Å². The molecular formula is C47H32N2O3S. The molecule has 0 amide bonds. The van der Waals surface area contributed by atoms with Gasteiger partial charge in [-0.15, -0.1) is 0 Å². The zero-order chi connectivity index (χ0) is 35.6. The topological polar surface area (TPSA) is 49.9 Å². The Bertz CT molecular complexity index is 3000. The Hall–Kier alpha value is -6.37. The Balaban J connectivity index is 1.14. The highest BCUT2D eigenvalue weighted by atomic mass is 32.2. The maximum atomic E-state index is 14.2. The van der Waals surface area contributed by atoms with Crippen molar-refractivity contribution in [2.45, 2.75) is 29.1 Å². The highest BCUT2D eigenvalue weighted by molar-refractivity contribution is 7.92. The standard InChI is InChI=1S/C47H32N2O3S/c1-47(2)37-15-7-8-16-39(37)48(45-33-13-5-3-11-29(33)19-23-38(45)47)31-21-25-43-35(27-31)36-28-32(22-26-44(36)53(43,50)51)49-40-17-9-10-18-41(40)52-42-24-20-30-12-4-6-14-34(30)46(42)49/h3-28H,1-2H3. The average molecular weight is 705 g/mol. The highest BCUT2D eigenvalue weighted by Gasteiger charge is 2.40. The van der Waals surface area contributed by atoms with E-state index in [0.717, 1.165) is 67.2 Å². The minimum absolute atomic E-state index is 0.247. The first-order valence-corrected chi connectivity index (χ1v) is 19.3. The van der Waals surface area contributed by atoms with Crippen LogP contribution in [0.4, 0.5) is 34.1 Å². The number of rotatable bonds is 2. The van der Waals surface area contributed by atoms with E-state index < -0.39 is 9.84 Å². The van der Waals surface area contributed by atoms with Gasteiger partial charge in [0.25, 0.3) is 0 Å². The van der Waals surface area contributed by atoms with E-state index in [1.54, 1.807) is 12.1 Å².